The molecular weight excluding hydrogens is 291 g/mol. The molecule has 0 aliphatic heterocycles. The van der Waals surface area contributed by atoms with E-state index in [-0.39, 0.29) is 11.0 Å². The monoisotopic (exact) mass is 297 g/mol. The number of nitrogens with zero attached hydrogens (tertiary/aromatic N) is 2. The molecule has 2 aromatic rings. The van der Waals surface area contributed by atoms with E-state index in [4.69, 9.17) is 16.9 Å². The molecule has 3 nitrogen and oxygen atoms in total. The number of pyridine rings is 1. The van der Waals surface area contributed by atoms with Crippen LogP contribution in [0.5, 0.6) is 0 Å². The molecule has 0 fully saturated rings. The zero-order valence-corrected chi connectivity index (χ0v) is 10.6. The van der Waals surface area contributed by atoms with E-state index in [2.05, 4.69) is 10.3 Å². The van der Waals surface area contributed by atoms with Crippen LogP contribution < -0.4 is 5.32 Å². The zero-order valence-electron chi connectivity index (χ0n) is 9.87. The predicted octanol–water partition coefficient (Wildman–Crippen LogP) is 4.37. The quantitative estimate of drug-likeness (QED) is 0.837. The molecule has 0 saturated heterocycles. The van der Waals surface area contributed by atoms with Gasteiger partial charge in [0.2, 0.25) is 0 Å². The molecule has 2 rings (SSSR count). The highest BCUT2D eigenvalue weighted by Crippen LogP contribution is 2.32. The summed E-state index contributed by atoms with van der Waals surface area (Å²) in [6, 6.07) is 9.91. The molecule has 0 bridgehead atoms. The van der Waals surface area contributed by atoms with Gasteiger partial charge in [0, 0.05) is 0 Å². The Bertz CT molecular complexity index is 677. The van der Waals surface area contributed by atoms with Crippen molar-refractivity contribution in [3.05, 3.63) is 52.7 Å². The summed E-state index contributed by atoms with van der Waals surface area (Å²) in [5, 5.41) is 11.3. The highest BCUT2D eigenvalue weighted by atomic mass is 35.5. The maximum absolute atomic E-state index is 12.7. The van der Waals surface area contributed by atoms with Crippen molar-refractivity contribution in [1.29, 1.82) is 5.26 Å². The van der Waals surface area contributed by atoms with Gasteiger partial charge in [-0.25, -0.2) is 4.98 Å². The second-order valence-corrected chi connectivity index (χ2v) is 4.23. The Labute approximate surface area is 117 Å². The fourth-order valence-corrected chi connectivity index (χ4v) is 1.76. The SMILES string of the molecule is N#Cc1ccccc1Nc1cc(C(F)(F)F)cc(Cl)n1. The highest BCUT2D eigenvalue weighted by molar-refractivity contribution is 6.29. The number of alkyl halides is 3. The summed E-state index contributed by atoms with van der Waals surface area (Å²) in [4.78, 5) is 3.76. The number of halogens is 4. The van der Waals surface area contributed by atoms with E-state index in [1.165, 1.54) is 6.07 Å². The third-order valence-corrected chi connectivity index (χ3v) is 2.63. The minimum absolute atomic E-state index is 0.0764. The van der Waals surface area contributed by atoms with Crippen molar-refractivity contribution in [1.82, 2.24) is 4.98 Å². The molecule has 0 saturated carbocycles. The minimum atomic E-state index is -4.52. The molecular formula is C13H7ClF3N3. The van der Waals surface area contributed by atoms with E-state index in [0.717, 1.165) is 12.1 Å². The number of hydrogen-bond acceptors (Lipinski definition) is 3. The first-order chi connectivity index (χ1) is 9.40. The summed E-state index contributed by atoms with van der Waals surface area (Å²) < 4.78 is 38.0. The van der Waals surface area contributed by atoms with Crippen LogP contribution in [0.4, 0.5) is 24.7 Å². The molecule has 1 N–H and O–H groups in total. The molecule has 0 radical (unpaired) electrons. The summed E-state index contributed by atoms with van der Waals surface area (Å²) in [7, 11) is 0. The molecule has 7 heteroatoms. The third-order valence-electron chi connectivity index (χ3n) is 2.43. The standard InChI is InChI=1S/C13H7ClF3N3/c14-11-5-9(13(15,16)17)6-12(20-11)19-10-4-2-1-3-8(10)7-18/h1-6H,(H,19,20). The van der Waals surface area contributed by atoms with Crippen LogP contribution in [-0.4, -0.2) is 4.98 Å². The molecule has 1 aromatic carbocycles. The largest absolute Gasteiger partial charge is 0.416 e. The van der Waals surface area contributed by atoms with Crippen LogP contribution in [0.1, 0.15) is 11.1 Å². The predicted molar refractivity (Wildman–Crippen MR) is 68.7 cm³/mol. The van der Waals surface area contributed by atoms with E-state index < -0.39 is 11.7 Å². The Morgan fingerprint density at radius 1 is 1.20 bits per heavy atom. The van der Waals surface area contributed by atoms with Gasteiger partial charge in [0.15, 0.2) is 0 Å². The molecule has 102 valence electrons. The molecule has 1 aromatic heterocycles. The number of para-hydroxylation sites is 1. The second-order valence-electron chi connectivity index (χ2n) is 3.84. The number of rotatable bonds is 2. The summed E-state index contributed by atoms with van der Waals surface area (Å²) in [5.74, 6) is -0.0764. The van der Waals surface area contributed by atoms with Gasteiger partial charge in [-0.2, -0.15) is 18.4 Å². The lowest BCUT2D eigenvalue weighted by Gasteiger charge is -2.11. The van der Waals surface area contributed by atoms with Gasteiger partial charge in [-0.1, -0.05) is 23.7 Å². The maximum atomic E-state index is 12.7. The van der Waals surface area contributed by atoms with Crippen molar-refractivity contribution < 1.29 is 13.2 Å². The highest BCUT2D eigenvalue weighted by Gasteiger charge is 2.31. The first-order valence-electron chi connectivity index (χ1n) is 5.41. The van der Waals surface area contributed by atoms with Crippen LogP contribution in [0.2, 0.25) is 5.15 Å². The van der Waals surface area contributed by atoms with Crippen LogP contribution in [0.25, 0.3) is 0 Å². The topological polar surface area (TPSA) is 48.7 Å². The first-order valence-corrected chi connectivity index (χ1v) is 5.79. The van der Waals surface area contributed by atoms with Crippen molar-refractivity contribution in [2.45, 2.75) is 6.18 Å². The number of hydrogen-bond donors (Lipinski definition) is 1. The number of benzene rings is 1. The van der Waals surface area contributed by atoms with Crippen LogP contribution in [0.3, 0.4) is 0 Å². The Hall–Kier alpha value is -2.26. The molecule has 0 spiro atoms. The number of anilines is 2. The second kappa shape index (κ2) is 5.39. The van der Waals surface area contributed by atoms with E-state index in [9.17, 15) is 13.2 Å². The Morgan fingerprint density at radius 2 is 1.90 bits per heavy atom. The van der Waals surface area contributed by atoms with Crippen molar-refractivity contribution >= 4 is 23.1 Å². The van der Waals surface area contributed by atoms with Crippen molar-refractivity contribution in [2.75, 3.05) is 5.32 Å². The Balaban J connectivity index is 2.40. The van der Waals surface area contributed by atoms with Crippen LogP contribution in [0, 0.1) is 11.3 Å². The van der Waals surface area contributed by atoms with Gasteiger partial charge in [-0.15, -0.1) is 0 Å². The molecule has 0 atom stereocenters. The zero-order chi connectivity index (χ0) is 14.8. The van der Waals surface area contributed by atoms with E-state index in [1.807, 2.05) is 6.07 Å². The summed E-state index contributed by atoms with van der Waals surface area (Å²) in [6.45, 7) is 0. The van der Waals surface area contributed by atoms with Gasteiger partial charge >= 0.3 is 6.18 Å². The Morgan fingerprint density at radius 3 is 2.55 bits per heavy atom. The van der Waals surface area contributed by atoms with Gasteiger partial charge in [0.05, 0.1) is 16.8 Å². The lowest BCUT2D eigenvalue weighted by atomic mass is 10.2. The van der Waals surface area contributed by atoms with Crippen LogP contribution >= 0.6 is 11.6 Å². The fourth-order valence-electron chi connectivity index (χ4n) is 1.55. The van der Waals surface area contributed by atoms with E-state index in [0.29, 0.717) is 11.3 Å². The number of nitrogens with one attached hydrogen (secondary N) is 1. The minimum Gasteiger partial charge on any atom is -0.339 e. The van der Waals surface area contributed by atoms with Crippen molar-refractivity contribution in [3.8, 4) is 6.07 Å². The number of nitriles is 1. The van der Waals surface area contributed by atoms with Gasteiger partial charge in [0.25, 0.3) is 0 Å². The summed E-state index contributed by atoms with van der Waals surface area (Å²) in [6.07, 6.45) is -4.52. The molecule has 20 heavy (non-hydrogen) atoms. The average molecular weight is 298 g/mol. The Kier molecular flexibility index (Phi) is 3.81. The maximum Gasteiger partial charge on any atom is 0.416 e. The normalized spacial score (nSPS) is 10.9. The average Bonchev–Trinajstić information content (AvgIpc) is 2.37. The van der Waals surface area contributed by atoms with Gasteiger partial charge in [-0.3, -0.25) is 0 Å². The van der Waals surface area contributed by atoms with Gasteiger partial charge < -0.3 is 5.32 Å². The van der Waals surface area contributed by atoms with Gasteiger partial charge in [-0.05, 0) is 24.3 Å². The van der Waals surface area contributed by atoms with Crippen LogP contribution in [-0.2, 0) is 6.18 Å². The molecule has 0 unspecified atom stereocenters. The van der Waals surface area contributed by atoms with E-state index >= 15 is 0 Å². The molecule has 0 aliphatic rings. The smallest absolute Gasteiger partial charge is 0.339 e. The van der Waals surface area contributed by atoms with Gasteiger partial charge in [0.1, 0.15) is 17.0 Å². The van der Waals surface area contributed by atoms with E-state index in [1.54, 1.807) is 18.2 Å². The first kappa shape index (κ1) is 14.2. The molecule has 1 heterocycles. The number of aromatic nitrogens is 1. The van der Waals surface area contributed by atoms with Crippen molar-refractivity contribution in [3.63, 3.8) is 0 Å². The van der Waals surface area contributed by atoms with Crippen molar-refractivity contribution in [2.24, 2.45) is 0 Å². The lowest BCUT2D eigenvalue weighted by Crippen LogP contribution is -2.07. The molecule has 0 aliphatic carbocycles. The third kappa shape index (κ3) is 3.19. The summed E-state index contributed by atoms with van der Waals surface area (Å²) >= 11 is 5.58. The summed E-state index contributed by atoms with van der Waals surface area (Å²) in [5.41, 5.74) is -0.254. The molecule has 0 amide bonds. The fraction of sp³-hybridized carbons (Fsp3) is 0.0769. The lowest BCUT2D eigenvalue weighted by molar-refractivity contribution is -0.137. The van der Waals surface area contributed by atoms with Crippen LogP contribution in [0.15, 0.2) is 36.4 Å².